The molecule has 6 heteroatoms. The molecule has 0 saturated heterocycles. The molecule has 1 atom stereocenters. The molecule has 6 nitrogen and oxygen atoms in total. The number of para-hydroxylation sites is 1. The predicted octanol–water partition coefficient (Wildman–Crippen LogP) is 3.34. The Hall–Kier alpha value is -3.12. The Labute approximate surface area is 163 Å². The summed E-state index contributed by atoms with van der Waals surface area (Å²) < 4.78 is 4.87. The predicted molar refractivity (Wildman–Crippen MR) is 108 cm³/mol. The third kappa shape index (κ3) is 3.27. The van der Waals surface area contributed by atoms with Crippen LogP contribution in [0.15, 0.2) is 48.5 Å². The van der Waals surface area contributed by atoms with Crippen molar-refractivity contribution in [3.63, 3.8) is 0 Å². The Kier molecular flexibility index (Phi) is 4.88. The first-order valence-electron chi connectivity index (χ1n) is 9.39. The monoisotopic (exact) mass is 377 g/mol. The van der Waals surface area contributed by atoms with E-state index in [1.807, 2.05) is 37.3 Å². The number of methoxy groups -OCH3 is 1. The summed E-state index contributed by atoms with van der Waals surface area (Å²) >= 11 is 0. The summed E-state index contributed by atoms with van der Waals surface area (Å²) in [6, 6.07) is 15.5. The van der Waals surface area contributed by atoms with Crippen LogP contribution < -0.4 is 5.32 Å². The summed E-state index contributed by atoms with van der Waals surface area (Å²) in [5.41, 5.74) is 4.11. The number of carbonyl (C=O) groups is 2. The van der Waals surface area contributed by atoms with Crippen molar-refractivity contribution in [2.24, 2.45) is 0 Å². The Morgan fingerprint density at radius 2 is 1.82 bits per heavy atom. The fourth-order valence-corrected chi connectivity index (χ4v) is 3.77. The van der Waals surface area contributed by atoms with Gasteiger partial charge in [-0.25, -0.2) is 4.79 Å². The van der Waals surface area contributed by atoms with Crippen LogP contribution in [-0.4, -0.2) is 41.5 Å². The molecule has 0 saturated carbocycles. The van der Waals surface area contributed by atoms with Crippen molar-refractivity contribution in [1.82, 2.24) is 9.88 Å². The number of hydrogen-bond acceptors (Lipinski definition) is 4. The number of nitrogens with zero attached hydrogens (tertiary/aromatic N) is 1. The topological polar surface area (TPSA) is 74.4 Å². The molecule has 1 aliphatic heterocycles. The second-order valence-corrected chi connectivity index (χ2v) is 7.07. The number of nitrogens with one attached hydrogen (secondary N) is 2. The number of fused-ring (bicyclic) bond motifs is 2. The molecular formula is C22H23N3O3. The number of amides is 1. The zero-order valence-electron chi connectivity index (χ0n) is 16.0. The summed E-state index contributed by atoms with van der Waals surface area (Å²) in [5, 5.41) is 3.74. The third-order valence-corrected chi connectivity index (χ3v) is 5.43. The highest BCUT2D eigenvalue weighted by Crippen LogP contribution is 2.29. The molecule has 0 radical (unpaired) electrons. The van der Waals surface area contributed by atoms with Gasteiger partial charge in [-0.15, -0.1) is 0 Å². The third-order valence-electron chi connectivity index (χ3n) is 5.43. The molecule has 0 fully saturated rings. The second kappa shape index (κ2) is 7.48. The van der Waals surface area contributed by atoms with Gasteiger partial charge in [0.05, 0.1) is 18.8 Å². The van der Waals surface area contributed by atoms with Gasteiger partial charge in [-0.2, -0.15) is 0 Å². The molecule has 0 aliphatic carbocycles. The number of rotatable bonds is 4. The maximum absolute atomic E-state index is 13.0. The molecule has 3 aromatic rings. The van der Waals surface area contributed by atoms with Crippen LogP contribution in [0.3, 0.4) is 0 Å². The summed E-state index contributed by atoms with van der Waals surface area (Å²) in [4.78, 5) is 30.4. The van der Waals surface area contributed by atoms with Crippen molar-refractivity contribution in [1.29, 1.82) is 0 Å². The second-order valence-electron chi connectivity index (χ2n) is 7.07. The summed E-state index contributed by atoms with van der Waals surface area (Å²) in [6.45, 7) is 3.46. The van der Waals surface area contributed by atoms with Crippen molar-refractivity contribution < 1.29 is 14.3 Å². The number of aromatic amines is 1. The van der Waals surface area contributed by atoms with Gasteiger partial charge in [0.2, 0.25) is 5.91 Å². The van der Waals surface area contributed by atoms with E-state index in [4.69, 9.17) is 4.74 Å². The van der Waals surface area contributed by atoms with Crippen LogP contribution in [0.5, 0.6) is 0 Å². The minimum atomic E-state index is -0.508. The largest absolute Gasteiger partial charge is 0.464 e. The van der Waals surface area contributed by atoms with E-state index in [9.17, 15) is 9.59 Å². The maximum Gasteiger partial charge on any atom is 0.356 e. The lowest BCUT2D eigenvalue weighted by Crippen LogP contribution is -2.44. The molecule has 2 heterocycles. The lowest BCUT2D eigenvalue weighted by molar-refractivity contribution is -0.121. The van der Waals surface area contributed by atoms with Crippen LogP contribution in [0.2, 0.25) is 0 Å². The van der Waals surface area contributed by atoms with Gasteiger partial charge in [0.15, 0.2) is 0 Å². The molecule has 1 aliphatic rings. The van der Waals surface area contributed by atoms with E-state index in [2.05, 4.69) is 33.4 Å². The van der Waals surface area contributed by atoms with Crippen molar-refractivity contribution in [2.75, 3.05) is 19.0 Å². The van der Waals surface area contributed by atoms with Crippen molar-refractivity contribution >= 4 is 28.5 Å². The standard InChI is InChI=1S/C22H23N3O3/c1-14(25-12-11-15-7-3-4-8-16(15)13-25)21(26)24-19-17-9-5-6-10-18(17)23-20(19)22(27)28-2/h3-10,14,23H,11-13H2,1-2H3,(H,24,26)/t14-/m0/s1. The zero-order valence-corrected chi connectivity index (χ0v) is 16.0. The average Bonchev–Trinajstić information content (AvgIpc) is 3.10. The molecule has 0 unspecified atom stereocenters. The lowest BCUT2D eigenvalue weighted by Gasteiger charge is -2.32. The van der Waals surface area contributed by atoms with Crippen molar-refractivity contribution in [3.05, 3.63) is 65.4 Å². The fourth-order valence-electron chi connectivity index (χ4n) is 3.77. The number of carbonyl (C=O) groups excluding carboxylic acids is 2. The van der Waals surface area contributed by atoms with Crippen LogP contribution in [0, 0.1) is 0 Å². The first kappa shape index (κ1) is 18.3. The number of benzene rings is 2. The Bertz CT molecular complexity index is 1040. The van der Waals surface area contributed by atoms with E-state index in [0.29, 0.717) is 5.69 Å². The minimum absolute atomic E-state index is 0.144. The Morgan fingerprint density at radius 3 is 2.61 bits per heavy atom. The van der Waals surface area contributed by atoms with Crippen molar-refractivity contribution in [2.45, 2.75) is 25.9 Å². The van der Waals surface area contributed by atoms with E-state index in [0.717, 1.165) is 30.4 Å². The van der Waals surface area contributed by atoms with E-state index >= 15 is 0 Å². The van der Waals surface area contributed by atoms with Gasteiger partial charge >= 0.3 is 5.97 Å². The first-order valence-corrected chi connectivity index (χ1v) is 9.39. The van der Waals surface area contributed by atoms with E-state index < -0.39 is 5.97 Å². The number of anilines is 1. The first-order chi connectivity index (χ1) is 13.6. The maximum atomic E-state index is 13.0. The number of esters is 1. The van der Waals surface area contributed by atoms with Gasteiger partial charge < -0.3 is 15.0 Å². The molecular weight excluding hydrogens is 354 g/mol. The van der Waals surface area contributed by atoms with Crippen molar-refractivity contribution in [3.8, 4) is 0 Å². The zero-order chi connectivity index (χ0) is 19.7. The SMILES string of the molecule is COC(=O)c1[nH]c2ccccc2c1NC(=O)[C@H](C)N1CCc2ccccc2C1. The van der Waals surface area contributed by atoms with Crippen LogP contribution in [-0.2, 0) is 22.5 Å². The molecule has 0 spiro atoms. The quantitative estimate of drug-likeness (QED) is 0.684. The van der Waals surface area contributed by atoms with Gasteiger partial charge in [0, 0.05) is 24.0 Å². The number of ether oxygens (including phenoxy) is 1. The smallest absolute Gasteiger partial charge is 0.356 e. The normalized spacial score (nSPS) is 15.1. The highest BCUT2D eigenvalue weighted by atomic mass is 16.5. The number of aromatic nitrogens is 1. The summed E-state index contributed by atoms with van der Waals surface area (Å²) in [5.74, 6) is -0.652. The molecule has 1 amide bonds. The molecule has 2 N–H and O–H groups in total. The van der Waals surface area contributed by atoms with Crippen LogP contribution in [0.25, 0.3) is 10.9 Å². The van der Waals surface area contributed by atoms with Crippen LogP contribution in [0.1, 0.15) is 28.5 Å². The van der Waals surface area contributed by atoms with Gasteiger partial charge in [-0.3, -0.25) is 9.69 Å². The van der Waals surface area contributed by atoms with Gasteiger partial charge in [0.1, 0.15) is 5.69 Å². The average molecular weight is 377 g/mol. The molecule has 0 bridgehead atoms. The summed E-state index contributed by atoms with van der Waals surface area (Å²) in [7, 11) is 1.33. The summed E-state index contributed by atoms with van der Waals surface area (Å²) in [6.07, 6.45) is 0.925. The van der Waals surface area contributed by atoms with Gasteiger partial charge in [0.25, 0.3) is 0 Å². The highest BCUT2D eigenvalue weighted by molar-refractivity contribution is 6.11. The van der Waals surface area contributed by atoms with E-state index in [1.165, 1.54) is 18.2 Å². The lowest BCUT2D eigenvalue weighted by atomic mass is 9.98. The molecule has 2 aromatic carbocycles. The van der Waals surface area contributed by atoms with E-state index in [-0.39, 0.29) is 17.6 Å². The molecule has 144 valence electrons. The van der Waals surface area contributed by atoms with Gasteiger partial charge in [-0.1, -0.05) is 42.5 Å². The highest BCUT2D eigenvalue weighted by Gasteiger charge is 2.27. The van der Waals surface area contributed by atoms with Gasteiger partial charge in [-0.05, 0) is 30.5 Å². The Morgan fingerprint density at radius 1 is 1.11 bits per heavy atom. The van der Waals surface area contributed by atoms with Crippen LogP contribution in [0.4, 0.5) is 5.69 Å². The van der Waals surface area contributed by atoms with E-state index in [1.54, 1.807) is 0 Å². The molecule has 28 heavy (non-hydrogen) atoms. The Balaban J connectivity index is 1.58. The molecule has 1 aromatic heterocycles. The van der Waals surface area contributed by atoms with Crippen LogP contribution >= 0.6 is 0 Å². The minimum Gasteiger partial charge on any atom is -0.464 e. The number of H-pyrrole nitrogens is 1. The fraction of sp³-hybridized carbons (Fsp3) is 0.273. The number of hydrogen-bond donors (Lipinski definition) is 2. The molecule has 4 rings (SSSR count).